The summed E-state index contributed by atoms with van der Waals surface area (Å²) >= 11 is 0. The smallest absolute Gasteiger partial charge is 0.335 e. The highest BCUT2D eigenvalue weighted by atomic mass is 16.5. The van der Waals surface area contributed by atoms with Gasteiger partial charge >= 0.3 is 5.97 Å². The summed E-state index contributed by atoms with van der Waals surface area (Å²) < 4.78 is 11.1. The van der Waals surface area contributed by atoms with E-state index in [1.54, 1.807) is 12.1 Å². The first-order valence-corrected chi connectivity index (χ1v) is 7.53. The van der Waals surface area contributed by atoms with E-state index in [0.717, 1.165) is 6.54 Å². The molecule has 0 unspecified atom stereocenters. The number of ether oxygens (including phenoxy) is 2. The van der Waals surface area contributed by atoms with Gasteiger partial charge in [-0.15, -0.1) is 0 Å². The van der Waals surface area contributed by atoms with E-state index in [1.165, 1.54) is 12.1 Å². The van der Waals surface area contributed by atoms with Gasteiger partial charge in [0.1, 0.15) is 18.5 Å². The average molecular weight is 322 g/mol. The molecule has 1 aliphatic heterocycles. The summed E-state index contributed by atoms with van der Waals surface area (Å²) in [7, 11) is 1.96. The number of rotatable bonds is 6. The van der Waals surface area contributed by atoms with Crippen LogP contribution < -0.4 is 10.1 Å². The maximum absolute atomic E-state index is 12.0. The third-order valence-corrected chi connectivity index (χ3v) is 3.51. The van der Waals surface area contributed by atoms with Crippen LogP contribution in [0.3, 0.4) is 0 Å². The number of carboxylic acid groups (broad SMARTS) is 1. The Hall–Kier alpha value is -2.12. The summed E-state index contributed by atoms with van der Waals surface area (Å²) in [5.41, 5.74) is 0.207. The molecule has 0 aromatic heterocycles. The van der Waals surface area contributed by atoms with E-state index in [0.29, 0.717) is 25.4 Å². The van der Waals surface area contributed by atoms with Gasteiger partial charge in [-0.05, 0) is 38.2 Å². The number of aromatic carboxylic acids is 1. The van der Waals surface area contributed by atoms with Gasteiger partial charge in [0.25, 0.3) is 5.91 Å². The Labute approximate surface area is 135 Å². The highest BCUT2D eigenvalue weighted by Crippen LogP contribution is 2.12. The van der Waals surface area contributed by atoms with Crippen molar-refractivity contribution >= 4 is 11.9 Å². The Kier molecular flexibility index (Phi) is 5.95. The van der Waals surface area contributed by atoms with Gasteiger partial charge in [-0.1, -0.05) is 0 Å². The molecule has 2 N–H and O–H groups in total. The van der Waals surface area contributed by atoms with Crippen molar-refractivity contribution in [1.29, 1.82) is 0 Å². The summed E-state index contributed by atoms with van der Waals surface area (Å²) in [6, 6.07) is 6.13. The van der Waals surface area contributed by atoms with Crippen molar-refractivity contribution in [3.05, 3.63) is 29.8 Å². The normalized spacial score (nSPS) is 21.7. The molecule has 126 valence electrons. The molecule has 1 amide bonds. The first-order valence-electron chi connectivity index (χ1n) is 7.53. The molecule has 1 aliphatic rings. The number of carbonyl (C=O) groups excluding carboxylic acids is 1. The van der Waals surface area contributed by atoms with Gasteiger partial charge in [-0.3, -0.25) is 4.79 Å². The van der Waals surface area contributed by atoms with Gasteiger partial charge in [0.2, 0.25) is 0 Å². The molecule has 1 aromatic carbocycles. The lowest BCUT2D eigenvalue weighted by atomic mass is 10.2. The van der Waals surface area contributed by atoms with E-state index < -0.39 is 12.1 Å². The number of morpholine rings is 1. The second kappa shape index (κ2) is 7.94. The van der Waals surface area contributed by atoms with Crippen molar-refractivity contribution in [3.8, 4) is 5.75 Å². The Bertz CT molecular complexity index is 536. The minimum atomic E-state index is -0.976. The monoisotopic (exact) mass is 322 g/mol. The zero-order valence-electron chi connectivity index (χ0n) is 13.3. The minimum absolute atomic E-state index is 0.0356. The average Bonchev–Trinajstić information content (AvgIpc) is 2.50. The standard InChI is InChI=1S/C16H22N2O5/c1-11-9-18(2)10-14(23-11)15(19)17-7-8-22-13-5-3-12(4-6-13)16(20)21/h3-6,11,14H,7-10H2,1-2H3,(H,17,19)(H,20,21)/t11-,14-/m1/s1. The molecule has 0 bridgehead atoms. The van der Waals surface area contributed by atoms with Crippen molar-refractivity contribution in [1.82, 2.24) is 10.2 Å². The summed E-state index contributed by atoms with van der Waals surface area (Å²) in [5.74, 6) is -0.560. The molecular formula is C16H22N2O5. The van der Waals surface area contributed by atoms with Crippen molar-refractivity contribution < 1.29 is 24.2 Å². The number of carbonyl (C=O) groups is 2. The van der Waals surface area contributed by atoms with E-state index in [-0.39, 0.29) is 17.6 Å². The lowest BCUT2D eigenvalue weighted by molar-refractivity contribution is -0.144. The molecule has 0 saturated carbocycles. The predicted molar refractivity (Wildman–Crippen MR) is 83.7 cm³/mol. The first-order chi connectivity index (χ1) is 11.0. The number of benzene rings is 1. The van der Waals surface area contributed by atoms with Crippen molar-refractivity contribution in [2.45, 2.75) is 19.1 Å². The highest BCUT2D eigenvalue weighted by molar-refractivity contribution is 5.87. The fourth-order valence-corrected chi connectivity index (χ4v) is 2.46. The van der Waals surface area contributed by atoms with E-state index in [2.05, 4.69) is 10.2 Å². The summed E-state index contributed by atoms with van der Waals surface area (Å²) in [6.07, 6.45) is -0.424. The number of hydrogen-bond acceptors (Lipinski definition) is 5. The van der Waals surface area contributed by atoms with Crippen LogP contribution in [0.1, 0.15) is 17.3 Å². The molecule has 7 nitrogen and oxygen atoms in total. The number of nitrogens with zero attached hydrogens (tertiary/aromatic N) is 1. The van der Waals surface area contributed by atoms with E-state index in [4.69, 9.17) is 14.6 Å². The number of hydrogen-bond donors (Lipinski definition) is 2. The number of amides is 1. The Balaban J connectivity index is 1.70. The Morgan fingerprint density at radius 3 is 2.65 bits per heavy atom. The van der Waals surface area contributed by atoms with E-state index in [1.807, 2.05) is 14.0 Å². The Morgan fingerprint density at radius 2 is 2.04 bits per heavy atom. The molecule has 1 saturated heterocycles. The van der Waals surface area contributed by atoms with Crippen LogP contribution in [0.4, 0.5) is 0 Å². The second-order valence-electron chi connectivity index (χ2n) is 5.63. The van der Waals surface area contributed by atoms with E-state index >= 15 is 0 Å². The molecule has 2 rings (SSSR count). The van der Waals surface area contributed by atoms with Crippen LogP contribution in [0, 0.1) is 0 Å². The topological polar surface area (TPSA) is 88.1 Å². The van der Waals surface area contributed by atoms with Crippen LogP contribution in [0.15, 0.2) is 24.3 Å². The van der Waals surface area contributed by atoms with Gasteiger partial charge in [0.15, 0.2) is 0 Å². The summed E-state index contributed by atoms with van der Waals surface area (Å²) in [4.78, 5) is 24.8. The SMILES string of the molecule is C[C@@H]1CN(C)C[C@H](C(=O)NCCOc2ccc(C(=O)O)cc2)O1. The van der Waals surface area contributed by atoms with Gasteiger partial charge in [-0.25, -0.2) is 4.79 Å². The molecule has 23 heavy (non-hydrogen) atoms. The Morgan fingerprint density at radius 1 is 1.35 bits per heavy atom. The fraction of sp³-hybridized carbons (Fsp3) is 0.500. The second-order valence-corrected chi connectivity index (χ2v) is 5.63. The van der Waals surface area contributed by atoms with Gasteiger partial charge < -0.3 is 24.8 Å². The number of nitrogens with one attached hydrogen (secondary N) is 1. The number of likely N-dealkylation sites (N-methyl/N-ethyl adjacent to an activating group) is 1. The molecular weight excluding hydrogens is 300 g/mol. The van der Waals surface area contributed by atoms with Gasteiger partial charge in [0.05, 0.1) is 18.2 Å². The molecule has 0 spiro atoms. The molecule has 0 radical (unpaired) electrons. The van der Waals surface area contributed by atoms with Gasteiger partial charge in [-0.2, -0.15) is 0 Å². The van der Waals surface area contributed by atoms with Crippen LogP contribution in [-0.2, 0) is 9.53 Å². The molecule has 0 aliphatic carbocycles. The van der Waals surface area contributed by atoms with Crippen LogP contribution in [0.5, 0.6) is 5.75 Å². The maximum Gasteiger partial charge on any atom is 0.335 e. The molecule has 2 atom stereocenters. The molecule has 7 heteroatoms. The van der Waals surface area contributed by atoms with Crippen molar-refractivity contribution in [3.63, 3.8) is 0 Å². The predicted octanol–water partition coefficient (Wildman–Crippen LogP) is 0.599. The van der Waals surface area contributed by atoms with Crippen LogP contribution in [0.2, 0.25) is 0 Å². The zero-order chi connectivity index (χ0) is 16.8. The van der Waals surface area contributed by atoms with Crippen LogP contribution in [0.25, 0.3) is 0 Å². The number of carboxylic acids is 1. The lowest BCUT2D eigenvalue weighted by Crippen LogP contribution is -2.51. The molecule has 1 heterocycles. The lowest BCUT2D eigenvalue weighted by Gasteiger charge is -2.33. The quantitative estimate of drug-likeness (QED) is 0.746. The van der Waals surface area contributed by atoms with E-state index in [9.17, 15) is 9.59 Å². The highest BCUT2D eigenvalue weighted by Gasteiger charge is 2.28. The van der Waals surface area contributed by atoms with Gasteiger partial charge in [0, 0.05) is 13.1 Å². The fourth-order valence-electron chi connectivity index (χ4n) is 2.46. The molecule has 1 fully saturated rings. The van der Waals surface area contributed by atoms with Crippen LogP contribution in [-0.4, -0.2) is 67.4 Å². The third-order valence-electron chi connectivity index (χ3n) is 3.51. The summed E-state index contributed by atoms with van der Waals surface area (Å²) in [5, 5.41) is 11.6. The van der Waals surface area contributed by atoms with Crippen molar-refractivity contribution in [2.75, 3.05) is 33.3 Å². The van der Waals surface area contributed by atoms with Crippen molar-refractivity contribution in [2.24, 2.45) is 0 Å². The van der Waals surface area contributed by atoms with Crippen LogP contribution >= 0.6 is 0 Å². The maximum atomic E-state index is 12.0. The minimum Gasteiger partial charge on any atom is -0.492 e. The summed E-state index contributed by atoms with van der Waals surface area (Å²) in [6.45, 7) is 4.00. The first kappa shape index (κ1) is 17.2. The molecule has 1 aromatic rings. The largest absolute Gasteiger partial charge is 0.492 e. The zero-order valence-corrected chi connectivity index (χ0v) is 13.3. The third kappa shape index (κ3) is 5.22.